The maximum Gasteiger partial charge on any atom is 0.259 e. The fourth-order valence-corrected chi connectivity index (χ4v) is 1.60. The van der Waals surface area contributed by atoms with Gasteiger partial charge in [0.2, 0.25) is 5.13 Å². The van der Waals surface area contributed by atoms with Crippen LogP contribution < -0.4 is 5.32 Å². The van der Waals surface area contributed by atoms with Crippen LogP contribution in [0.1, 0.15) is 9.84 Å². The highest BCUT2D eigenvalue weighted by Crippen LogP contribution is 2.29. The van der Waals surface area contributed by atoms with Gasteiger partial charge in [0, 0.05) is 0 Å². The van der Waals surface area contributed by atoms with Crippen LogP contribution in [0.15, 0.2) is 0 Å². The summed E-state index contributed by atoms with van der Waals surface area (Å²) in [7, 11) is 0. The second-order valence-electron chi connectivity index (χ2n) is 2.04. The molecular weight excluding hydrogens is 292 g/mol. The molecular formula is C5H3Cl4N3OS. The fraction of sp³-hybridized carbons (Fsp3) is 0.400. The van der Waals surface area contributed by atoms with Gasteiger partial charge in [-0.2, -0.15) is 0 Å². The van der Waals surface area contributed by atoms with Crippen molar-refractivity contribution in [1.82, 2.24) is 10.2 Å². The van der Waals surface area contributed by atoms with Crippen LogP contribution in [0.2, 0.25) is 0 Å². The summed E-state index contributed by atoms with van der Waals surface area (Å²) in [6, 6.07) is 0. The lowest BCUT2D eigenvalue weighted by Gasteiger charge is -1.98. The summed E-state index contributed by atoms with van der Waals surface area (Å²) < 4.78 is 0. The molecule has 78 valence electrons. The third kappa shape index (κ3) is 3.40. The van der Waals surface area contributed by atoms with Crippen LogP contribution in [0.25, 0.3) is 0 Å². The Morgan fingerprint density at radius 2 is 1.93 bits per heavy atom. The van der Waals surface area contributed by atoms with Gasteiger partial charge >= 0.3 is 0 Å². The smallest absolute Gasteiger partial charge is 0.259 e. The zero-order valence-corrected chi connectivity index (χ0v) is 10.2. The third-order valence-electron chi connectivity index (χ3n) is 1.06. The van der Waals surface area contributed by atoms with E-state index in [-0.39, 0.29) is 5.13 Å². The number of amides is 1. The van der Waals surface area contributed by atoms with Crippen molar-refractivity contribution in [2.24, 2.45) is 0 Å². The van der Waals surface area contributed by atoms with Gasteiger partial charge in [-0.15, -0.1) is 10.2 Å². The largest absolute Gasteiger partial charge is 0.298 e. The van der Waals surface area contributed by atoms with Gasteiger partial charge in [0.1, 0.15) is 0 Å². The Balaban J connectivity index is 2.64. The summed E-state index contributed by atoms with van der Waals surface area (Å²) in [5.41, 5.74) is 0. The van der Waals surface area contributed by atoms with Crippen LogP contribution in [-0.4, -0.2) is 20.9 Å². The van der Waals surface area contributed by atoms with Crippen molar-refractivity contribution in [3.8, 4) is 0 Å². The number of anilines is 1. The van der Waals surface area contributed by atoms with Crippen molar-refractivity contribution in [1.29, 1.82) is 0 Å². The molecule has 0 fully saturated rings. The van der Waals surface area contributed by atoms with Gasteiger partial charge in [0.25, 0.3) is 5.91 Å². The van der Waals surface area contributed by atoms with Crippen molar-refractivity contribution in [3.05, 3.63) is 5.01 Å². The molecule has 0 saturated carbocycles. The molecule has 1 amide bonds. The molecule has 0 aromatic carbocycles. The molecule has 1 N–H and O–H groups in total. The number of carbonyl (C=O) groups excluding carboxylic acids is 1. The monoisotopic (exact) mass is 293 g/mol. The van der Waals surface area contributed by atoms with E-state index in [4.69, 9.17) is 46.4 Å². The summed E-state index contributed by atoms with van der Waals surface area (Å²) >= 11 is 22.7. The number of carbonyl (C=O) groups is 1. The van der Waals surface area contributed by atoms with E-state index >= 15 is 0 Å². The zero-order valence-electron chi connectivity index (χ0n) is 6.38. The number of halogens is 4. The topological polar surface area (TPSA) is 54.9 Å². The number of alkyl halides is 4. The summed E-state index contributed by atoms with van der Waals surface area (Å²) in [5, 5.41) is 10.2. The van der Waals surface area contributed by atoms with E-state index in [2.05, 4.69) is 15.5 Å². The minimum Gasteiger partial charge on any atom is -0.298 e. The van der Waals surface area contributed by atoms with Crippen LogP contribution in [-0.2, 0) is 4.79 Å². The highest BCUT2D eigenvalue weighted by molar-refractivity contribution is 7.16. The lowest BCUT2D eigenvalue weighted by molar-refractivity contribution is -0.114. The normalized spacial score (nSPS) is 11.0. The van der Waals surface area contributed by atoms with Crippen molar-refractivity contribution in [2.75, 3.05) is 5.32 Å². The Hall–Kier alpha value is 0.190. The Kier molecular flexibility index (Phi) is 4.66. The molecule has 0 radical (unpaired) electrons. The number of nitrogens with zero attached hydrogens (tertiary/aromatic N) is 2. The van der Waals surface area contributed by atoms with E-state index in [0.717, 1.165) is 11.3 Å². The molecule has 0 atom stereocenters. The highest BCUT2D eigenvalue weighted by atomic mass is 35.5. The minimum absolute atomic E-state index is 0.252. The zero-order chi connectivity index (χ0) is 10.7. The third-order valence-corrected chi connectivity index (χ3v) is 3.03. The lowest BCUT2D eigenvalue weighted by Crippen LogP contribution is -2.18. The summed E-state index contributed by atoms with van der Waals surface area (Å²) in [6.45, 7) is 0. The Morgan fingerprint density at radius 1 is 1.29 bits per heavy atom. The van der Waals surface area contributed by atoms with E-state index < -0.39 is 15.6 Å². The fourth-order valence-electron chi connectivity index (χ4n) is 0.533. The second-order valence-corrected chi connectivity index (χ2v) is 5.24. The number of hydrogen-bond donors (Lipinski definition) is 1. The molecule has 1 rings (SSSR count). The van der Waals surface area contributed by atoms with E-state index in [1.807, 2.05) is 0 Å². The van der Waals surface area contributed by atoms with Crippen molar-refractivity contribution < 1.29 is 4.79 Å². The molecule has 1 aromatic heterocycles. The van der Waals surface area contributed by atoms with Gasteiger partial charge in [0.15, 0.2) is 14.7 Å². The van der Waals surface area contributed by atoms with Crippen molar-refractivity contribution in [3.63, 3.8) is 0 Å². The van der Waals surface area contributed by atoms with Gasteiger partial charge in [0.05, 0.1) is 0 Å². The van der Waals surface area contributed by atoms with Crippen LogP contribution in [0, 0.1) is 0 Å². The van der Waals surface area contributed by atoms with E-state index in [1.54, 1.807) is 0 Å². The van der Waals surface area contributed by atoms with Crippen LogP contribution in [0.3, 0.4) is 0 Å². The molecule has 0 aliphatic heterocycles. The van der Waals surface area contributed by atoms with Crippen LogP contribution in [0.4, 0.5) is 5.13 Å². The maximum absolute atomic E-state index is 11.0. The predicted molar refractivity (Wildman–Crippen MR) is 58.5 cm³/mol. The molecule has 0 aliphatic carbocycles. The molecule has 9 heteroatoms. The first kappa shape index (κ1) is 12.3. The van der Waals surface area contributed by atoms with Crippen molar-refractivity contribution in [2.45, 2.75) is 9.67 Å². The van der Waals surface area contributed by atoms with Gasteiger partial charge in [-0.05, 0) is 0 Å². The minimum atomic E-state index is -1.15. The van der Waals surface area contributed by atoms with Gasteiger partial charge in [-0.25, -0.2) is 0 Å². The molecule has 0 saturated heterocycles. The molecule has 0 unspecified atom stereocenters. The number of hydrogen-bond acceptors (Lipinski definition) is 4. The SMILES string of the molecule is O=C(Nc1nnc(C(Cl)Cl)s1)C(Cl)Cl. The van der Waals surface area contributed by atoms with E-state index in [0.29, 0.717) is 5.01 Å². The molecule has 1 heterocycles. The molecule has 4 nitrogen and oxygen atoms in total. The van der Waals surface area contributed by atoms with E-state index in [9.17, 15) is 4.79 Å². The molecule has 14 heavy (non-hydrogen) atoms. The first-order valence-electron chi connectivity index (χ1n) is 3.21. The Morgan fingerprint density at radius 3 is 2.36 bits per heavy atom. The Labute approximate surface area is 103 Å². The predicted octanol–water partition coefficient (Wildman–Crippen LogP) is 2.76. The average molecular weight is 295 g/mol. The van der Waals surface area contributed by atoms with Gasteiger partial charge in [-0.3, -0.25) is 10.1 Å². The number of rotatable bonds is 3. The van der Waals surface area contributed by atoms with Crippen LogP contribution >= 0.6 is 57.7 Å². The average Bonchev–Trinajstić information content (AvgIpc) is 2.52. The Bertz CT molecular complexity index is 329. The molecule has 0 bridgehead atoms. The highest BCUT2D eigenvalue weighted by Gasteiger charge is 2.16. The quantitative estimate of drug-likeness (QED) is 0.872. The molecule has 0 spiro atoms. The van der Waals surface area contributed by atoms with Gasteiger partial charge in [-0.1, -0.05) is 57.7 Å². The molecule has 1 aromatic rings. The summed E-state index contributed by atoms with van der Waals surface area (Å²) in [6.07, 6.45) is 0. The summed E-state index contributed by atoms with van der Waals surface area (Å²) in [5.74, 6) is -0.572. The van der Waals surface area contributed by atoms with E-state index in [1.165, 1.54) is 0 Å². The number of nitrogens with one attached hydrogen (secondary N) is 1. The lowest BCUT2D eigenvalue weighted by atomic mass is 10.7. The number of aromatic nitrogens is 2. The maximum atomic E-state index is 11.0. The second kappa shape index (κ2) is 5.32. The van der Waals surface area contributed by atoms with Crippen molar-refractivity contribution >= 4 is 68.8 Å². The summed E-state index contributed by atoms with van der Waals surface area (Å²) in [4.78, 5) is 9.08. The van der Waals surface area contributed by atoms with Crippen LogP contribution in [0.5, 0.6) is 0 Å². The first-order chi connectivity index (χ1) is 6.50. The first-order valence-corrected chi connectivity index (χ1v) is 5.77. The standard InChI is InChI=1S/C5H3Cl4N3OS/c6-1(7)3(13)10-5-12-11-4(14-5)2(8)9/h1-2H,(H,10,12,13). The molecule has 0 aliphatic rings. The van der Waals surface area contributed by atoms with Gasteiger partial charge < -0.3 is 0 Å².